The molecule has 2 aliphatic rings. The number of hydrogen-bond donors (Lipinski definition) is 10. The monoisotopic (exact) mass is 936 g/mol. The van der Waals surface area contributed by atoms with Crippen LogP contribution in [0.15, 0.2) is 0 Å². The Morgan fingerprint density at radius 3 is 1.94 bits per heavy atom. The van der Waals surface area contributed by atoms with E-state index in [4.69, 9.17) is 5.73 Å². The van der Waals surface area contributed by atoms with Crippen molar-refractivity contribution in [3.05, 3.63) is 0 Å². The molecule has 11 N–H and O–H groups in total. The number of likely N-dealkylation sites (tertiary alicyclic amines) is 1. The molecule has 0 aromatic carbocycles. The van der Waals surface area contributed by atoms with Gasteiger partial charge in [0.2, 0.25) is 59.1 Å². The minimum atomic E-state index is -1.57. The number of nitrogens with one attached hydrogen (secondary N) is 8. The van der Waals surface area contributed by atoms with Crippen molar-refractivity contribution in [1.29, 1.82) is 0 Å². The average molecular weight is 936 g/mol. The van der Waals surface area contributed by atoms with Gasteiger partial charge in [-0.3, -0.25) is 52.7 Å². The van der Waals surface area contributed by atoms with Gasteiger partial charge >= 0.3 is 0 Å². The Balaban J connectivity index is 2.12. The highest BCUT2D eigenvalue weighted by molar-refractivity contribution is 5.99. The number of ketones is 1. The number of carbonyl (C=O) groups is 11. The molecule has 23 nitrogen and oxygen atoms in total. The zero-order valence-corrected chi connectivity index (χ0v) is 39.7. The Labute approximate surface area is 386 Å². The van der Waals surface area contributed by atoms with Crippen LogP contribution in [0.5, 0.6) is 0 Å². The lowest BCUT2D eigenvalue weighted by atomic mass is 9.99. The van der Waals surface area contributed by atoms with Crippen molar-refractivity contribution in [1.82, 2.24) is 52.3 Å². The molecular weight excluding hydrogens is 863 g/mol. The van der Waals surface area contributed by atoms with Crippen molar-refractivity contribution in [2.45, 2.75) is 162 Å². The molecule has 2 aliphatic heterocycles. The summed E-state index contributed by atoms with van der Waals surface area (Å²) < 4.78 is 0. The molecule has 0 aromatic rings. The van der Waals surface area contributed by atoms with Gasteiger partial charge in [-0.1, -0.05) is 27.7 Å². The van der Waals surface area contributed by atoms with Gasteiger partial charge in [0.1, 0.15) is 42.0 Å². The fraction of sp³-hybridized carbons (Fsp3) is 0.744. The van der Waals surface area contributed by atoms with Crippen LogP contribution in [0.2, 0.25) is 0 Å². The predicted molar refractivity (Wildman–Crippen MR) is 239 cm³/mol. The minimum Gasteiger partial charge on any atom is -0.392 e. The Morgan fingerprint density at radius 1 is 0.773 bits per heavy atom. The third-order valence-electron chi connectivity index (χ3n) is 11.2. The first kappa shape index (κ1) is 56.4. The van der Waals surface area contributed by atoms with E-state index in [-0.39, 0.29) is 50.1 Å². The average Bonchev–Trinajstić information content (AvgIpc) is 3.91. The topological polar surface area (TPSA) is 337 Å². The number of nitrogens with two attached hydrogens (primary N) is 1. The molecule has 2 heterocycles. The van der Waals surface area contributed by atoms with Crippen molar-refractivity contribution < 1.29 is 57.8 Å². The van der Waals surface area contributed by atoms with Crippen molar-refractivity contribution in [3.63, 3.8) is 0 Å². The smallest absolute Gasteiger partial charge is 0.245 e. The van der Waals surface area contributed by atoms with E-state index in [9.17, 15) is 57.8 Å². The van der Waals surface area contributed by atoms with Crippen LogP contribution in [0.3, 0.4) is 0 Å². The molecule has 10 amide bonds. The van der Waals surface area contributed by atoms with Crippen molar-refractivity contribution in [3.8, 4) is 0 Å². The van der Waals surface area contributed by atoms with Gasteiger partial charge in [0.25, 0.3) is 0 Å². The van der Waals surface area contributed by atoms with Crippen molar-refractivity contribution >= 4 is 64.9 Å². The number of rotatable bonds is 26. The second-order valence-electron chi connectivity index (χ2n) is 18.0. The first-order valence-electron chi connectivity index (χ1n) is 22.7. The van der Waals surface area contributed by atoms with E-state index in [1.165, 1.54) is 18.7 Å². The SMILES string of the molecule is CCN(C(=O)[C@@H]1CCCN1C(=O)CNC(=O)[C@H](C)NC(=O)[C@H](CC(C)C)NC(=O)[C@@H](NC(=O)[C@H](CC(C)=O)NC(=O)[C@H](CCC(N)=O)NC(=O)CNC(=O)[C@@H]1C[C@@H](O)CN1)C(C)C)C(C)C. The molecule has 0 saturated carbocycles. The summed E-state index contributed by atoms with van der Waals surface area (Å²) in [6.45, 7) is 15.1. The van der Waals surface area contributed by atoms with Gasteiger partial charge in [-0.05, 0) is 78.6 Å². The van der Waals surface area contributed by atoms with Crippen LogP contribution in [-0.4, -0.2) is 167 Å². The second-order valence-corrected chi connectivity index (χ2v) is 18.0. The van der Waals surface area contributed by atoms with Crippen molar-refractivity contribution in [2.24, 2.45) is 17.6 Å². The van der Waals surface area contributed by atoms with Gasteiger partial charge in [-0.2, -0.15) is 0 Å². The minimum absolute atomic E-state index is 0.0507. The lowest BCUT2D eigenvalue weighted by molar-refractivity contribution is -0.144. The number of amides is 10. The molecule has 0 spiro atoms. The third kappa shape index (κ3) is 18.3. The molecule has 2 fully saturated rings. The number of hydrogen-bond acceptors (Lipinski definition) is 13. The zero-order chi connectivity index (χ0) is 50.0. The van der Waals surface area contributed by atoms with Gasteiger partial charge in [0, 0.05) is 38.5 Å². The van der Waals surface area contributed by atoms with E-state index in [1.54, 1.807) is 32.6 Å². The molecule has 372 valence electrons. The molecule has 0 radical (unpaired) electrons. The maximum Gasteiger partial charge on any atom is 0.245 e. The van der Waals surface area contributed by atoms with Crippen LogP contribution in [0.1, 0.15) is 107 Å². The molecule has 2 rings (SSSR count). The number of likely N-dealkylation sites (N-methyl/N-ethyl adjacent to an activating group) is 1. The predicted octanol–water partition coefficient (Wildman–Crippen LogP) is -3.42. The summed E-state index contributed by atoms with van der Waals surface area (Å²) in [6.07, 6.45) is -0.535. The fourth-order valence-electron chi connectivity index (χ4n) is 7.62. The summed E-state index contributed by atoms with van der Waals surface area (Å²) in [4.78, 5) is 146. The highest BCUT2D eigenvalue weighted by Crippen LogP contribution is 2.20. The molecule has 0 aromatic heterocycles. The molecule has 23 heteroatoms. The Hall–Kier alpha value is -5.71. The second kappa shape index (κ2) is 27.1. The quantitative estimate of drug-likeness (QED) is 0.0405. The number of primary amides is 1. The molecular formula is C43H73N11O12. The Kier molecular flexibility index (Phi) is 23.1. The summed E-state index contributed by atoms with van der Waals surface area (Å²) in [5.74, 6) is -8.18. The molecule has 66 heavy (non-hydrogen) atoms. The first-order valence-corrected chi connectivity index (χ1v) is 22.7. The standard InChI is InChI=1S/C43H73N11O12/c1-10-53(24(6)7)43(66)32-12-11-15-54(32)35(59)21-47-37(60)26(9)48-40(63)30(16-22(2)3)51-42(65)36(23(4)5)52-41(64)31(17-25(8)55)50-39(62)28(13-14-33(44)57)49-34(58)20-46-38(61)29-18-27(56)19-45-29/h22-24,26-32,36,45,56H,10-21H2,1-9H3,(H2,44,57)(H,46,61)(H,47,60)(H,48,63)(H,49,58)(H,50,62)(H,51,65)(H,52,64)/t26-,27+,28-,29-,30-,31-,32-,36-/m0/s1. The molecule has 0 aliphatic carbocycles. The fourth-order valence-corrected chi connectivity index (χ4v) is 7.62. The molecule has 8 atom stereocenters. The van der Waals surface area contributed by atoms with Gasteiger partial charge < -0.3 is 63.2 Å². The summed E-state index contributed by atoms with van der Waals surface area (Å²) in [6, 6.07) is -8.09. The highest BCUT2D eigenvalue weighted by Gasteiger charge is 2.38. The summed E-state index contributed by atoms with van der Waals surface area (Å²) in [5, 5.41) is 30.0. The normalized spacial score (nSPS) is 19.2. The Morgan fingerprint density at radius 2 is 1.39 bits per heavy atom. The van der Waals surface area contributed by atoms with Crippen LogP contribution >= 0.6 is 0 Å². The van der Waals surface area contributed by atoms with E-state index in [0.29, 0.717) is 25.9 Å². The van der Waals surface area contributed by atoms with E-state index in [2.05, 4.69) is 42.5 Å². The Bertz CT molecular complexity index is 1780. The number of Topliss-reactive ketones (excluding diaryl/α,β-unsaturated/α-hetero) is 1. The number of aliphatic hydroxyl groups is 1. The van der Waals surface area contributed by atoms with Crippen LogP contribution in [-0.2, 0) is 52.7 Å². The van der Waals surface area contributed by atoms with Crippen LogP contribution < -0.4 is 48.3 Å². The van der Waals surface area contributed by atoms with Gasteiger partial charge in [-0.15, -0.1) is 0 Å². The van der Waals surface area contributed by atoms with Crippen LogP contribution in [0, 0.1) is 11.8 Å². The number of nitrogens with zero attached hydrogens (tertiary/aromatic N) is 2. The van der Waals surface area contributed by atoms with E-state index in [0.717, 1.165) is 0 Å². The first-order chi connectivity index (χ1) is 30.9. The van der Waals surface area contributed by atoms with Gasteiger partial charge in [0.05, 0.1) is 25.2 Å². The van der Waals surface area contributed by atoms with Crippen LogP contribution in [0.4, 0.5) is 0 Å². The maximum absolute atomic E-state index is 13.8. The van der Waals surface area contributed by atoms with E-state index in [1.807, 2.05) is 20.8 Å². The number of carbonyl (C=O) groups excluding carboxylic acids is 11. The van der Waals surface area contributed by atoms with Crippen molar-refractivity contribution in [2.75, 3.05) is 32.7 Å². The molecule has 0 bridgehead atoms. The summed E-state index contributed by atoms with van der Waals surface area (Å²) in [7, 11) is 0. The molecule has 2 saturated heterocycles. The summed E-state index contributed by atoms with van der Waals surface area (Å²) >= 11 is 0. The zero-order valence-electron chi connectivity index (χ0n) is 39.7. The van der Waals surface area contributed by atoms with Gasteiger partial charge in [-0.25, -0.2) is 0 Å². The largest absolute Gasteiger partial charge is 0.392 e. The number of β-amino-alcohol motifs (C(OH)–C–C–N with tert-alkyl or cyclic N) is 1. The van der Waals surface area contributed by atoms with Gasteiger partial charge in [0.15, 0.2) is 0 Å². The number of aliphatic hydroxyl groups excluding tert-OH is 1. The highest BCUT2D eigenvalue weighted by atomic mass is 16.3. The van der Waals surface area contributed by atoms with Crippen LogP contribution in [0.25, 0.3) is 0 Å². The summed E-state index contributed by atoms with van der Waals surface area (Å²) in [5.41, 5.74) is 5.28. The van der Waals surface area contributed by atoms with E-state index >= 15 is 0 Å². The molecule has 0 unspecified atom stereocenters. The third-order valence-corrected chi connectivity index (χ3v) is 11.2. The maximum atomic E-state index is 13.8. The lowest BCUT2D eigenvalue weighted by Crippen LogP contribution is -2.60. The van der Waals surface area contributed by atoms with E-state index < -0.39 is 133 Å². The lowest BCUT2D eigenvalue weighted by Gasteiger charge is -2.32.